The van der Waals surface area contributed by atoms with Gasteiger partial charge in [-0.2, -0.15) is 13.2 Å². The van der Waals surface area contributed by atoms with Crippen LogP contribution in [-0.4, -0.2) is 28.8 Å². The van der Waals surface area contributed by atoms with Crippen LogP contribution in [0.3, 0.4) is 0 Å². The fraction of sp³-hybridized carbons (Fsp3) is 0.200. The molecule has 0 radical (unpaired) electrons. The number of alkyl halides is 3. The number of carbonyl (C=O) groups is 2. The Kier molecular flexibility index (Phi) is 5.32. The molecule has 0 unspecified atom stereocenters. The molecule has 0 bridgehead atoms. The Morgan fingerprint density at radius 2 is 1.97 bits per heavy atom. The van der Waals surface area contributed by atoms with Gasteiger partial charge in [-0.3, -0.25) is 4.79 Å². The van der Waals surface area contributed by atoms with Crippen molar-refractivity contribution in [1.82, 2.24) is 10.6 Å². The molecule has 11 heteroatoms. The Bertz CT molecular complexity index is 1130. The van der Waals surface area contributed by atoms with Crippen molar-refractivity contribution < 1.29 is 32.3 Å². The van der Waals surface area contributed by atoms with Gasteiger partial charge in [-0.25, -0.2) is 4.79 Å². The maximum atomic E-state index is 13.9. The summed E-state index contributed by atoms with van der Waals surface area (Å²) in [4.78, 5) is 25.1. The highest BCUT2D eigenvalue weighted by atomic mass is 35.5. The van der Waals surface area contributed by atoms with E-state index in [0.717, 1.165) is 11.3 Å². The minimum Gasteiger partial charge on any atom is -0.459 e. The van der Waals surface area contributed by atoms with Crippen molar-refractivity contribution in [1.29, 1.82) is 0 Å². The first-order valence-electron chi connectivity index (χ1n) is 8.91. The molecule has 1 fully saturated rings. The van der Waals surface area contributed by atoms with E-state index in [-0.39, 0.29) is 16.4 Å². The van der Waals surface area contributed by atoms with E-state index in [1.54, 1.807) is 24.3 Å². The zero-order valence-corrected chi connectivity index (χ0v) is 17.0. The molecule has 3 atom stereocenters. The molecule has 1 aliphatic heterocycles. The number of rotatable bonds is 4. The van der Waals surface area contributed by atoms with Gasteiger partial charge in [-0.05, 0) is 35.7 Å². The highest BCUT2D eigenvalue weighted by Crippen LogP contribution is 2.45. The zero-order chi connectivity index (χ0) is 22.4. The van der Waals surface area contributed by atoms with E-state index in [0.29, 0.717) is 10.6 Å². The van der Waals surface area contributed by atoms with Crippen LogP contribution in [0.4, 0.5) is 18.0 Å². The number of urea groups is 1. The molecule has 1 saturated heterocycles. The number of Topliss-reactive ketones (excluding diaryl/α,β-unsaturated/α-hetero) is 1. The third-order valence-corrected chi connectivity index (χ3v) is 6.01. The number of benzene rings is 1. The van der Waals surface area contributed by atoms with Gasteiger partial charge in [0.2, 0.25) is 5.72 Å². The van der Waals surface area contributed by atoms with Gasteiger partial charge in [0.05, 0.1) is 4.88 Å². The number of hydrogen-bond acceptors (Lipinski definition) is 5. The molecule has 3 heterocycles. The van der Waals surface area contributed by atoms with Crippen LogP contribution in [0.1, 0.15) is 21.5 Å². The Balaban J connectivity index is 1.80. The number of ketones is 1. The molecule has 0 spiro atoms. The third-order valence-electron chi connectivity index (χ3n) is 4.90. The first-order valence-corrected chi connectivity index (χ1v) is 10.2. The summed E-state index contributed by atoms with van der Waals surface area (Å²) < 4.78 is 47.3. The van der Waals surface area contributed by atoms with E-state index in [1.165, 1.54) is 35.0 Å². The topological polar surface area (TPSA) is 91.6 Å². The molecular formula is C20H14ClF3N2O4S. The minimum atomic E-state index is -5.33. The van der Waals surface area contributed by atoms with E-state index in [4.69, 9.17) is 16.0 Å². The van der Waals surface area contributed by atoms with E-state index in [9.17, 15) is 27.9 Å². The van der Waals surface area contributed by atoms with Gasteiger partial charge >= 0.3 is 12.2 Å². The van der Waals surface area contributed by atoms with Gasteiger partial charge in [0, 0.05) is 10.6 Å². The molecule has 0 aliphatic carbocycles. The summed E-state index contributed by atoms with van der Waals surface area (Å²) in [6.45, 7) is 0. The lowest BCUT2D eigenvalue weighted by molar-refractivity contribution is -0.287. The van der Waals surface area contributed by atoms with E-state index < -0.39 is 35.7 Å². The average molecular weight is 471 g/mol. The Hall–Kier alpha value is -2.82. The minimum absolute atomic E-state index is 0.00255. The first kappa shape index (κ1) is 21.4. The van der Waals surface area contributed by atoms with Crippen LogP contribution >= 0.6 is 22.9 Å². The molecule has 4 rings (SSSR count). The van der Waals surface area contributed by atoms with Crippen LogP contribution in [0, 0.1) is 5.92 Å². The summed E-state index contributed by atoms with van der Waals surface area (Å²) in [6.07, 6.45) is -5.33. The molecule has 2 aromatic heterocycles. The van der Waals surface area contributed by atoms with Crippen molar-refractivity contribution >= 4 is 34.8 Å². The maximum absolute atomic E-state index is 13.9. The SMILES string of the molecule is O=C1N[C@H](c2ccc(-c3cccc(Cl)c3)o2)[C@H](C(=O)c2cccs2)[C@](O)(C(F)(F)F)N1. The second-order valence-corrected chi connectivity index (χ2v) is 8.26. The largest absolute Gasteiger partial charge is 0.459 e. The first-order chi connectivity index (χ1) is 14.6. The monoisotopic (exact) mass is 470 g/mol. The van der Waals surface area contributed by atoms with Crippen molar-refractivity contribution in [3.05, 3.63) is 69.6 Å². The zero-order valence-electron chi connectivity index (χ0n) is 15.4. The smallest absolute Gasteiger partial charge is 0.437 e. The lowest BCUT2D eigenvalue weighted by Crippen LogP contribution is -2.72. The van der Waals surface area contributed by atoms with Crippen LogP contribution in [0.15, 0.2) is 58.3 Å². The standard InChI is InChI=1S/C20H14ClF3N2O4S/c21-11-4-1-3-10(9-11)12-6-7-13(30-12)16-15(17(27)14-5-2-8-31-14)19(29,20(22,23)24)26-18(28)25-16/h1-9,15-16,29H,(H2,25,26,28)/t15-,16-,19+/m1/s1. The summed E-state index contributed by atoms with van der Waals surface area (Å²) in [5, 5.41) is 16.2. The lowest BCUT2D eigenvalue weighted by Gasteiger charge is -2.44. The highest BCUT2D eigenvalue weighted by Gasteiger charge is 2.67. The van der Waals surface area contributed by atoms with Gasteiger partial charge in [0.25, 0.3) is 0 Å². The van der Waals surface area contributed by atoms with Crippen molar-refractivity contribution in [3.63, 3.8) is 0 Å². The summed E-state index contributed by atoms with van der Waals surface area (Å²) in [7, 11) is 0. The third kappa shape index (κ3) is 3.82. The number of carbonyl (C=O) groups excluding carboxylic acids is 2. The predicted octanol–water partition coefficient (Wildman–Crippen LogP) is 4.77. The van der Waals surface area contributed by atoms with E-state index in [2.05, 4.69) is 5.32 Å². The van der Waals surface area contributed by atoms with Gasteiger partial charge in [-0.15, -0.1) is 11.3 Å². The lowest BCUT2D eigenvalue weighted by atomic mass is 9.80. The van der Waals surface area contributed by atoms with Crippen LogP contribution < -0.4 is 10.6 Å². The molecule has 3 aromatic rings. The van der Waals surface area contributed by atoms with Crippen LogP contribution in [0.25, 0.3) is 11.3 Å². The molecular weight excluding hydrogens is 457 g/mol. The van der Waals surface area contributed by atoms with Gasteiger partial charge in [0.15, 0.2) is 5.78 Å². The number of aliphatic hydroxyl groups is 1. The quantitative estimate of drug-likeness (QED) is 0.479. The number of hydrogen-bond donors (Lipinski definition) is 3. The predicted molar refractivity (Wildman–Crippen MR) is 107 cm³/mol. The second-order valence-electron chi connectivity index (χ2n) is 6.87. The Morgan fingerprint density at radius 1 is 1.19 bits per heavy atom. The Morgan fingerprint density at radius 3 is 2.61 bits per heavy atom. The summed E-state index contributed by atoms with van der Waals surface area (Å²) in [6, 6.07) is 9.37. The summed E-state index contributed by atoms with van der Waals surface area (Å²) in [5.74, 6) is -2.99. The fourth-order valence-corrected chi connectivity index (χ4v) is 4.36. The van der Waals surface area contributed by atoms with Crippen molar-refractivity contribution in [2.75, 3.05) is 0 Å². The Labute approximate surface area is 182 Å². The molecule has 0 saturated carbocycles. The van der Waals surface area contributed by atoms with Crippen molar-refractivity contribution in [2.24, 2.45) is 5.92 Å². The molecule has 31 heavy (non-hydrogen) atoms. The van der Waals surface area contributed by atoms with Crippen LogP contribution in [0.5, 0.6) is 0 Å². The molecule has 6 nitrogen and oxygen atoms in total. The van der Waals surface area contributed by atoms with Crippen LogP contribution in [-0.2, 0) is 0 Å². The van der Waals surface area contributed by atoms with Crippen molar-refractivity contribution in [3.8, 4) is 11.3 Å². The van der Waals surface area contributed by atoms with E-state index >= 15 is 0 Å². The molecule has 3 N–H and O–H groups in total. The normalized spacial score (nSPS) is 23.8. The number of halogens is 4. The summed E-state index contributed by atoms with van der Waals surface area (Å²) >= 11 is 6.89. The number of amides is 2. The fourth-order valence-electron chi connectivity index (χ4n) is 3.47. The summed E-state index contributed by atoms with van der Waals surface area (Å²) in [5.41, 5.74) is -3.25. The maximum Gasteiger partial charge on any atom is 0.437 e. The van der Waals surface area contributed by atoms with E-state index in [1.807, 2.05) is 0 Å². The average Bonchev–Trinajstić information content (AvgIpc) is 3.38. The number of thiophene rings is 1. The number of furan rings is 1. The molecule has 1 aliphatic rings. The molecule has 1 aromatic carbocycles. The van der Waals surface area contributed by atoms with Crippen LogP contribution in [0.2, 0.25) is 5.02 Å². The highest BCUT2D eigenvalue weighted by molar-refractivity contribution is 7.12. The second kappa shape index (κ2) is 7.70. The molecule has 2 amide bonds. The molecule has 162 valence electrons. The van der Waals surface area contributed by atoms with Crippen molar-refractivity contribution in [2.45, 2.75) is 17.9 Å². The van der Waals surface area contributed by atoms with Gasteiger partial charge in [0.1, 0.15) is 23.5 Å². The van der Waals surface area contributed by atoms with Gasteiger partial charge < -0.3 is 20.2 Å². The number of nitrogens with one attached hydrogen (secondary N) is 2. The van der Waals surface area contributed by atoms with Gasteiger partial charge in [-0.1, -0.05) is 29.8 Å².